The average Bonchev–Trinajstić information content (AvgIpc) is 2.54. The molecule has 1 heterocycles. The Kier molecular flexibility index (Phi) is 8.52. The molecule has 0 aromatic heterocycles. The molecule has 0 saturated carbocycles. The number of thioether (sulfide) groups is 1. The second kappa shape index (κ2) is 9.86. The maximum Gasteiger partial charge on any atom is 0.235 e. The zero-order chi connectivity index (χ0) is 16.8. The lowest BCUT2D eigenvalue weighted by Gasteiger charge is -2.35. The molecule has 1 aliphatic heterocycles. The van der Waals surface area contributed by atoms with E-state index in [9.17, 15) is 14.0 Å². The summed E-state index contributed by atoms with van der Waals surface area (Å²) in [4.78, 5) is 26.2. The zero-order valence-electron chi connectivity index (χ0n) is 13.8. The van der Waals surface area contributed by atoms with Gasteiger partial charge in [-0.1, -0.05) is 0 Å². The van der Waals surface area contributed by atoms with Gasteiger partial charge in [0.2, 0.25) is 11.8 Å². The average molecular weight is 376 g/mol. The van der Waals surface area contributed by atoms with Crippen molar-refractivity contribution in [2.75, 3.05) is 30.7 Å². The Bertz CT molecular complexity index is 559. The SMILES string of the molecule is CC(SCC(=O)Nc1ccc(F)cc1)C(=O)N1CCNC[C@@H]1C.Cl. The predicted octanol–water partition coefficient (Wildman–Crippen LogP) is 2.13. The topological polar surface area (TPSA) is 61.4 Å². The number of piperazine rings is 1. The number of carbonyl (C=O) groups excluding carboxylic acids is 2. The van der Waals surface area contributed by atoms with Crippen LogP contribution in [0.25, 0.3) is 0 Å². The third kappa shape index (κ3) is 5.96. The molecule has 1 aromatic carbocycles. The van der Waals surface area contributed by atoms with Gasteiger partial charge < -0.3 is 15.5 Å². The molecule has 8 heteroatoms. The second-order valence-corrected chi connectivity index (χ2v) is 6.92. The highest BCUT2D eigenvalue weighted by atomic mass is 35.5. The van der Waals surface area contributed by atoms with E-state index in [2.05, 4.69) is 10.6 Å². The van der Waals surface area contributed by atoms with Crippen molar-refractivity contribution in [1.29, 1.82) is 0 Å². The highest BCUT2D eigenvalue weighted by molar-refractivity contribution is 8.01. The van der Waals surface area contributed by atoms with E-state index in [0.29, 0.717) is 12.2 Å². The molecule has 24 heavy (non-hydrogen) atoms. The molecule has 2 amide bonds. The van der Waals surface area contributed by atoms with Crippen molar-refractivity contribution in [3.05, 3.63) is 30.1 Å². The second-order valence-electron chi connectivity index (χ2n) is 5.59. The Labute approximate surface area is 152 Å². The van der Waals surface area contributed by atoms with Gasteiger partial charge in [0.25, 0.3) is 0 Å². The van der Waals surface area contributed by atoms with Gasteiger partial charge in [0.15, 0.2) is 0 Å². The standard InChI is InChI=1S/C16H22FN3O2S.ClH/c1-11-9-18-7-8-20(11)16(22)12(2)23-10-15(21)19-14-5-3-13(17)4-6-14;/h3-6,11-12,18H,7-10H2,1-2H3,(H,19,21);1H/t11-,12?;/m0./s1. The summed E-state index contributed by atoms with van der Waals surface area (Å²) < 4.78 is 12.8. The van der Waals surface area contributed by atoms with Gasteiger partial charge in [-0.3, -0.25) is 9.59 Å². The first-order valence-electron chi connectivity index (χ1n) is 7.65. The van der Waals surface area contributed by atoms with Gasteiger partial charge in [0.05, 0.1) is 11.0 Å². The summed E-state index contributed by atoms with van der Waals surface area (Å²) in [6.07, 6.45) is 0. The molecule has 5 nitrogen and oxygen atoms in total. The maximum atomic E-state index is 12.8. The van der Waals surface area contributed by atoms with Crippen LogP contribution in [0.4, 0.5) is 10.1 Å². The van der Waals surface area contributed by atoms with Crippen LogP contribution < -0.4 is 10.6 Å². The lowest BCUT2D eigenvalue weighted by atomic mass is 10.2. The number of rotatable bonds is 5. The number of amides is 2. The summed E-state index contributed by atoms with van der Waals surface area (Å²) in [5.41, 5.74) is 0.548. The van der Waals surface area contributed by atoms with Crippen LogP contribution in [0.2, 0.25) is 0 Å². The van der Waals surface area contributed by atoms with Crippen molar-refractivity contribution in [1.82, 2.24) is 10.2 Å². The van der Waals surface area contributed by atoms with Gasteiger partial charge in [0.1, 0.15) is 5.82 Å². The third-order valence-electron chi connectivity index (χ3n) is 3.72. The molecule has 0 bridgehead atoms. The number of anilines is 1. The smallest absolute Gasteiger partial charge is 0.235 e. The summed E-state index contributed by atoms with van der Waals surface area (Å²) in [6.45, 7) is 6.15. The lowest BCUT2D eigenvalue weighted by molar-refractivity contribution is -0.133. The van der Waals surface area contributed by atoms with Gasteiger partial charge in [-0.15, -0.1) is 24.2 Å². The molecule has 2 rings (SSSR count). The minimum absolute atomic E-state index is 0. The van der Waals surface area contributed by atoms with E-state index in [1.54, 1.807) is 0 Å². The molecule has 2 N–H and O–H groups in total. The summed E-state index contributed by atoms with van der Waals surface area (Å²) >= 11 is 1.31. The molecular formula is C16H23ClFN3O2S. The first-order valence-corrected chi connectivity index (χ1v) is 8.70. The molecule has 1 aliphatic rings. The van der Waals surface area contributed by atoms with Gasteiger partial charge in [-0.25, -0.2) is 4.39 Å². The van der Waals surface area contributed by atoms with Gasteiger partial charge >= 0.3 is 0 Å². The quantitative estimate of drug-likeness (QED) is 0.827. The molecule has 1 saturated heterocycles. The fraction of sp³-hybridized carbons (Fsp3) is 0.500. The van der Waals surface area contributed by atoms with Crippen molar-refractivity contribution in [2.45, 2.75) is 25.1 Å². The number of hydrogen-bond donors (Lipinski definition) is 2. The minimum atomic E-state index is -0.346. The first-order chi connectivity index (χ1) is 11.0. The number of carbonyl (C=O) groups is 2. The highest BCUT2D eigenvalue weighted by Gasteiger charge is 2.27. The zero-order valence-corrected chi connectivity index (χ0v) is 15.4. The van der Waals surface area contributed by atoms with E-state index >= 15 is 0 Å². The Hall–Kier alpha value is -1.31. The Morgan fingerprint density at radius 1 is 1.42 bits per heavy atom. The number of nitrogens with zero attached hydrogens (tertiary/aromatic N) is 1. The Morgan fingerprint density at radius 2 is 2.08 bits per heavy atom. The monoisotopic (exact) mass is 375 g/mol. The van der Waals surface area contributed by atoms with Crippen LogP contribution in [-0.4, -0.2) is 53.4 Å². The van der Waals surface area contributed by atoms with E-state index in [1.165, 1.54) is 36.0 Å². The van der Waals surface area contributed by atoms with Crippen LogP contribution in [0, 0.1) is 5.82 Å². The number of benzene rings is 1. The van der Waals surface area contributed by atoms with E-state index in [0.717, 1.165) is 13.1 Å². The van der Waals surface area contributed by atoms with Gasteiger partial charge in [-0.2, -0.15) is 0 Å². The van der Waals surface area contributed by atoms with Crippen LogP contribution in [0.5, 0.6) is 0 Å². The lowest BCUT2D eigenvalue weighted by Crippen LogP contribution is -2.54. The van der Waals surface area contributed by atoms with Crippen LogP contribution in [0.1, 0.15) is 13.8 Å². The Morgan fingerprint density at radius 3 is 2.71 bits per heavy atom. The molecule has 0 aliphatic carbocycles. The van der Waals surface area contributed by atoms with Crippen molar-refractivity contribution in [2.24, 2.45) is 0 Å². The molecule has 1 unspecified atom stereocenters. The fourth-order valence-corrected chi connectivity index (χ4v) is 3.16. The van der Waals surface area contributed by atoms with E-state index < -0.39 is 0 Å². The molecule has 0 spiro atoms. The normalized spacial score (nSPS) is 18.5. The van der Waals surface area contributed by atoms with Crippen LogP contribution >= 0.6 is 24.2 Å². The number of nitrogens with one attached hydrogen (secondary N) is 2. The highest BCUT2D eigenvalue weighted by Crippen LogP contribution is 2.17. The third-order valence-corrected chi connectivity index (χ3v) is 4.86. The van der Waals surface area contributed by atoms with Crippen molar-refractivity contribution in [3.63, 3.8) is 0 Å². The van der Waals surface area contributed by atoms with Crippen LogP contribution in [-0.2, 0) is 9.59 Å². The first kappa shape index (κ1) is 20.7. The predicted molar refractivity (Wildman–Crippen MR) is 98.2 cm³/mol. The van der Waals surface area contributed by atoms with Crippen molar-refractivity contribution < 1.29 is 14.0 Å². The van der Waals surface area contributed by atoms with Crippen molar-refractivity contribution in [3.8, 4) is 0 Å². The van der Waals surface area contributed by atoms with E-state index in [1.807, 2.05) is 18.7 Å². The molecule has 1 fully saturated rings. The summed E-state index contributed by atoms with van der Waals surface area (Å²) in [6, 6.07) is 5.78. The maximum absolute atomic E-state index is 12.8. The van der Waals surface area contributed by atoms with E-state index in [-0.39, 0.29) is 47.1 Å². The minimum Gasteiger partial charge on any atom is -0.336 e. The molecular weight excluding hydrogens is 353 g/mol. The number of hydrogen-bond acceptors (Lipinski definition) is 4. The molecule has 1 aromatic rings. The number of halogens is 2. The summed E-state index contributed by atoms with van der Waals surface area (Å²) in [5, 5.41) is 5.67. The molecule has 0 radical (unpaired) electrons. The van der Waals surface area contributed by atoms with Crippen LogP contribution in [0.3, 0.4) is 0 Å². The summed E-state index contributed by atoms with van der Waals surface area (Å²) in [5.74, 6) is -0.292. The van der Waals surface area contributed by atoms with Gasteiger partial charge in [-0.05, 0) is 38.1 Å². The molecule has 134 valence electrons. The van der Waals surface area contributed by atoms with Gasteiger partial charge in [0, 0.05) is 31.4 Å². The van der Waals surface area contributed by atoms with Crippen LogP contribution in [0.15, 0.2) is 24.3 Å². The largest absolute Gasteiger partial charge is 0.336 e. The summed E-state index contributed by atoms with van der Waals surface area (Å²) in [7, 11) is 0. The fourth-order valence-electron chi connectivity index (χ4n) is 2.40. The van der Waals surface area contributed by atoms with Crippen molar-refractivity contribution >= 4 is 41.7 Å². The molecule has 2 atom stereocenters. The van der Waals surface area contributed by atoms with E-state index in [4.69, 9.17) is 0 Å². The Balaban J connectivity index is 0.00000288.